The van der Waals surface area contributed by atoms with Crippen LogP contribution in [0.5, 0.6) is 0 Å². The van der Waals surface area contributed by atoms with Crippen LogP contribution in [-0.2, 0) is 4.79 Å². The Morgan fingerprint density at radius 1 is 1.29 bits per heavy atom. The Kier molecular flexibility index (Phi) is 4.05. The SMILES string of the molecule is CCSc1ccc(SC2(C(=O)O)CCC2)cc1. The van der Waals surface area contributed by atoms with Crippen LogP contribution >= 0.6 is 23.5 Å². The van der Waals surface area contributed by atoms with Crippen LogP contribution in [0.15, 0.2) is 34.1 Å². The van der Waals surface area contributed by atoms with E-state index >= 15 is 0 Å². The van der Waals surface area contributed by atoms with Crippen molar-refractivity contribution in [2.75, 3.05) is 5.75 Å². The highest BCUT2D eigenvalue weighted by Crippen LogP contribution is 2.47. The van der Waals surface area contributed by atoms with E-state index in [9.17, 15) is 9.90 Å². The molecule has 0 bridgehead atoms. The van der Waals surface area contributed by atoms with Gasteiger partial charge in [-0.3, -0.25) is 4.79 Å². The lowest BCUT2D eigenvalue weighted by molar-refractivity contribution is -0.142. The van der Waals surface area contributed by atoms with Gasteiger partial charge in [0.25, 0.3) is 0 Å². The summed E-state index contributed by atoms with van der Waals surface area (Å²) in [6, 6.07) is 8.22. The van der Waals surface area contributed by atoms with Crippen LogP contribution in [0.4, 0.5) is 0 Å². The molecule has 0 heterocycles. The maximum Gasteiger partial charge on any atom is 0.320 e. The number of aliphatic carboxylic acids is 1. The van der Waals surface area contributed by atoms with Crippen molar-refractivity contribution in [3.8, 4) is 0 Å². The quantitative estimate of drug-likeness (QED) is 0.822. The van der Waals surface area contributed by atoms with Gasteiger partial charge in [-0.05, 0) is 49.3 Å². The Labute approximate surface area is 110 Å². The summed E-state index contributed by atoms with van der Waals surface area (Å²) in [5.74, 6) is 0.395. The third-order valence-corrected chi connectivity index (χ3v) is 5.37. The average molecular weight is 268 g/mol. The van der Waals surface area contributed by atoms with E-state index in [0.717, 1.165) is 29.9 Å². The van der Waals surface area contributed by atoms with Crippen molar-refractivity contribution in [3.63, 3.8) is 0 Å². The topological polar surface area (TPSA) is 37.3 Å². The number of carbonyl (C=O) groups is 1. The molecule has 0 radical (unpaired) electrons. The Morgan fingerprint density at radius 3 is 2.29 bits per heavy atom. The molecule has 17 heavy (non-hydrogen) atoms. The maximum absolute atomic E-state index is 11.3. The molecular weight excluding hydrogens is 252 g/mol. The van der Waals surface area contributed by atoms with Crippen molar-refractivity contribution in [3.05, 3.63) is 24.3 Å². The molecule has 0 unspecified atom stereocenters. The lowest BCUT2D eigenvalue weighted by Gasteiger charge is -2.36. The van der Waals surface area contributed by atoms with Gasteiger partial charge in [-0.1, -0.05) is 6.92 Å². The second-order valence-electron chi connectivity index (χ2n) is 4.16. The van der Waals surface area contributed by atoms with E-state index in [1.807, 2.05) is 12.1 Å². The molecule has 0 amide bonds. The summed E-state index contributed by atoms with van der Waals surface area (Å²) < 4.78 is -0.556. The van der Waals surface area contributed by atoms with Crippen molar-refractivity contribution in [1.82, 2.24) is 0 Å². The van der Waals surface area contributed by atoms with Crippen LogP contribution in [0, 0.1) is 0 Å². The zero-order valence-corrected chi connectivity index (χ0v) is 11.4. The average Bonchev–Trinajstić information content (AvgIpc) is 2.25. The van der Waals surface area contributed by atoms with E-state index in [4.69, 9.17) is 0 Å². The van der Waals surface area contributed by atoms with E-state index in [0.29, 0.717) is 0 Å². The number of hydrogen-bond donors (Lipinski definition) is 1. The Hall–Kier alpha value is -0.610. The van der Waals surface area contributed by atoms with Crippen molar-refractivity contribution in [2.45, 2.75) is 40.7 Å². The molecule has 0 saturated heterocycles. The number of carboxylic acids is 1. The van der Waals surface area contributed by atoms with Gasteiger partial charge in [0.05, 0.1) is 0 Å². The predicted molar refractivity (Wildman–Crippen MR) is 72.9 cm³/mol. The lowest BCUT2D eigenvalue weighted by Crippen LogP contribution is -2.41. The molecule has 92 valence electrons. The number of carboxylic acid groups (broad SMARTS) is 1. The number of rotatable bonds is 5. The summed E-state index contributed by atoms with van der Waals surface area (Å²) >= 11 is 3.31. The van der Waals surface area contributed by atoms with E-state index in [-0.39, 0.29) is 0 Å². The molecule has 1 aliphatic carbocycles. The van der Waals surface area contributed by atoms with Gasteiger partial charge in [0.15, 0.2) is 0 Å². The van der Waals surface area contributed by atoms with Crippen LogP contribution in [0.1, 0.15) is 26.2 Å². The highest BCUT2D eigenvalue weighted by molar-refractivity contribution is 8.01. The summed E-state index contributed by atoms with van der Waals surface area (Å²) in [6.07, 6.45) is 2.61. The second-order valence-corrected chi connectivity index (χ2v) is 6.95. The summed E-state index contributed by atoms with van der Waals surface area (Å²) in [5, 5.41) is 9.26. The van der Waals surface area contributed by atoms with E-state index < -0.39 is 10.7 Å². The van der Waals surface area contributed by atoms with Gasteiger partial charge in [-0.2, -0.15) is 0 Å². The van der Waals surface area contributed by atoms with Crippen molar-refractivity contribution in [1.29, 1.82) is 0 Å². The molecule has 0 spiro atoms. The Morgan fingerprint density at radius 2 is 1.88 bits per heavy atom. The standard InChI is InChI=1S/C13H16O2S2/c1-2-16-10-4-6-11(7-5-10)17-13(12(14)15)8-3-9-13/h4-7H,2-3,8-9H2,1H3,(H,14,15). The second kappa shape index (κ2) is 5.36. The Bertz CT molecular complexity index is 396. The van der Waals surface area contributed by atoms with Crippen LogP contribution < -0.4 is 0 Å². The van der Waals surface area contributed by atoms with E-state index in [2.05, 4.69) is 19.1 Å². The van der Waals surface area contributed by atoms with Crippen LogP contribution in [-0.4, -0.2) is 21.6 Å². The molecule has 1 aromatic rings. The van der Waals surface area contributed by atoms with Crippen LogP contribution in [0.25, 0.3) is 0 Å². The zero-order chi connectivity index (χ0) is 12.3. The van der Waals surface area contributed by atoms with Gasteiger partial charge < -0.3 is 5.11 Å². The smallest absolute Gasteiger partial charge is 0.320 e. The van der Waals surface area contributed by atoms with Crippen LogP contribution in [0.3, 0.4) is 0 Å². The largest absolute Gasteiger partial charge is 0.480 e. The van der Waals surface area contributed by atoms with E-state index in [1.165, 1.54) is 16.7 Å². The fourth-order valence-electron chi connectivity index (χ4n) is 1.85. The van der Waals surface area contributed by atoms with Crippen molar-refractivity contribution in [2.24, 2.45) is 0 Å². The summed E-state index contributed by atoms with van der Waals surface area (Å²) in [4.78, 5) is 13.6. The summed E-state index contributed by atoms with van der Waals surface area (Å²) in [7, 11) is 0. The minimum absolute atomic E-state index is 0.556. The molecule has 0 aliphatic heterocycles. The fourth-order valence-corrected chi connectivity index (χ4v) is 3.82. The molecule has 4 heteroatoms. The highest BCUT2D eigenvalue weighted by Gasteiger charge is 2.45. The number of benzene rings is 1. The van der Waals surface area contributed by atoms with E-state index in [1.54, 1.807) is 11.8 Å². The molecule has 1 aliphatic rings. The Balaban J connectivity index is 2.05. The normalized spacial score (nSPS) is 17.5. The minimum atomic E-state index is -0.666. The number of hydrogen-bond acceptors (Lipinski definition) is 3. The summed E-state index contributed by atoms with van der Waals surface area (Å²) in [5.41, 5.74) is 0. The zero-order valence-electron chi connectivity index (χ0n) is 9.81. The molecule has 0 atom stereocenters. The molecule has 1 saturated carbocycles. The van der Waals surface area contributed by atoms with Crippen LogP contribution in [0.2, 0.25) is 0 Å². The van der Waals surface area contributed by atoms with Gasteiger partial charge in [-0.15, -0.1) is 23.5 Å². The first-order valence-corrected chi connectivity index (χ1v) is 7.62. The third-order valence-electron chi connectivity index (χ3n) is 3.00. The molecular formula is C13H16O2S2. The molecule has 1 N–H and O–H groups in total. The first-order chi connectivity index (χ1) is 8.16. The third kappa shape index (κ3) is 2.80. The first-order valence-electron chi connectivity index (χ1n) is 5.81. The predicted octanol–water partition coefficient (Wildman–Crippen LogP) is 3.90. The van der Waals surface area contributed by atoms with Gasteiger partial charge >= 0.3 is 5.97 Å². The molecule has 2 nitrogen and oxygen atoms in total. The summed E-state index contributed by atoms with van der Waals surface area (Å²) in [6.45, 7) is 2.13. The van der Waals surface area contributed by atoms with Gasteiger partial charge in [-0.25, -0.2) is 0 Å². The first kappa shape index (κ1) is 12.8. The molecule has 2 rings (SSSR count). The maximum atomic E-state index is 11.3. The van der Waals surface area contributed by atoms with Crippen molar-refractivity contribution < 1.29 is 9.90 Å². The van der Waals surface area contributed by atoms with Gasteiger partial charge in [0, 0.05) is 9.79 Å². The number of thioether (sulfide) groups is 2. The molecule has 0 aromatic heterocycles. The van der Waals surface area contributed by atoms with Crippen molar-refractivity contribution >= 4 is 29.5 Å². The fraction of sp³-hybridized carbons (Fsp3) is 0.462. The monoisotopic (exact) mass is 268 g/mol. The lowest BCUT2D eigenvalue weighted by atomic mass is 9.84. The minimum Gasteiger partial charge on any atom is -0.480 e. The highest BCUT2D eigenvalue weighted by atomic mass is 32.2. The molecule has 1 fully saturated rings. The molecule has 1 aromatic carbocycles. The van der Waals surface area contributed by atoms with Gasteiger partial charge in [0.2, 0.25) is 0 Å². The van der Waals surface area contributed by atoms with Gasteiger partial charge in [0.1, 0.15) is 4.75 Å².